The number of hydrogen-bond donors (Lipinski definition) is 2. The van der Waals surface area contributed by atoms with E-state index in [1.165, 1.54) is 0 Å². The minimum absolute atomic E-state index is 0.0873. The molecule has 23 heavy (non-hydrogen) atoms. The van der Waals surface area contributed by atoms with Gasteiger partial charge in [-0.05, 0) is 31.6 Å². The van der Waals surface area contributed by atoms with E-state index in [1.807, 2.05) is 0 Å². The summed E-state index contributed by atoms with van der Waals surface area (Å²) >= 11 is 0. The van der Waals surface area contributed by atoms with Crippen molar-refractivity contribution < 1.29 is 24.6 Å². The molecule has 0 radical (unpaired) electrons. The zero-order valence-electron chi connectivity index (χ0n) is 13.5. The number of carboxylic acid groups (broad SMARTS) is 2. The van der Waals surface area contributed by atoms with Gasteiger partial charge in [-0.2, -0.15) is 0 Å². The Bertz CT molecular complexity index is 482. The second-order valence-electron chi connectivity index (χ2n) is 6.87. The van der Waals surface area contributed by atoms with Crippen molar-refractivity contribution in [2.24, 2.45) is 17.8 Å². The molecule has 1 atom stereocenters. The molecule has 0 amide bonds. The van der Waals surface area contributed by atoms with Crippen LogP contribution in [0.1, 0.15) is 64.2 Å². The Morgan fingerprint density at radius 3 is 2.00 bits per heavy atom. The molecule has 0 heterocycles. The maximum atomic E-state index is 12.4. The summed E-state index contributed by atoms with van der Waals surface area (Å²) in [6.07, 6.45) is 10.0. The van der Waals surface area contributed by atoms with Gasteiger partial charge in [0.15, 0.2) is 0 Å². The molecule has 5 nitrogen and oxygen atoms in total. The largest absolute Gasteiger partial charge is 0.481 e. The van der Waals surface area contributed by atoms with Gasteiger partial charge in [-0.25, -0.2) is 4.79 Å². The first-order valence-electron chi connectivity index (χ1n) is 8.69. The summed E-state index contributed by atoms with van der Waals surface area (Å²) in [6, 6.07) is 0. The lowest BCUT2D eigenvalue weighted by molar-refractivity contribution is -0.145. The molecule has 0 saturated heterocycles. The predicted molar refractivity (Wildman–Crippen MR) is 85.0 cm³/mol. The molecule has 0 aromatic rings. The number of Topliss-reactive ketones (excluding diaryl/α,β-unsaturated/α-hetero) is 1. The molecule has 0 bridgehead atoms. The van der Waals surface area contributed by atoms with Gasteiger partial charge in [0.2, 0.25) is 0 Å². The van der Waals surface area contributed by atoms with E-state index >= 15 is 0 Å². The Labute approximate surface area is 136 Å². The lowest BCUT2D eigenvalue weighted by Crippen LogP contribution is -2.28. The molecule has 2 aliphatic rings. The van der Waals surface area contributed by atoms with Crippen molar-refractivity contribution in [1.29, 1.82) is 0 Å². The SMILES string of the molecule is O=C(O)C(=CC1CCCC1)C(CC(=O)C1CCCCC1)C(=O)O. The van der Waals surface area contributed by atoms with Crippen LogP contribution in [0.4, 0.5) is 0 Å². The average Bonchev–Trinajstić information content (AvgIpc) is 3.04. The Kier molecular flexibility index (Phi) is 6.37. The van der Waals surface area contributed by atoms with Crippen LogP contribution in [0.15, 0.2) is 11.6 Å². The van der Waals surface area contributed by atoms with E-state index in [0.29, 0.717) is 0 Å². The van der Waals surface area contributed by atoms with Crippen molar-refractivity contribution in [2.45, 2.75) is 64.2 Å². The van der Waals surface area contributed by atoms with Gasteiger partial charge < -0.3 is 10.2 Å². The molecular formula is C18H26O5. The van der Waals surface area contributed by atoms with Crippen molar-refractivity contribution in [3.05, 3.63) is 11.6 Å². The van der Waals surface area contributed by atoms with Crippen LogP contribution in [0.5, 0.6) is 0 Å². The second-order valence-corrected chi connectivity index (χ2v) is 6.87. The molecule has 1 unspecified atom stereocenters. The Morgan fingerprint density at radius 2 is 1.48 bits per heavy atom. The number of carboxylic acids is 2. The number of aliphatic carboxylic acids is 2. The quantitative estimate of drug-likeness (QED) is 0.701. The molecule has 0 aromatic carbocycles. The molecule has 5 heteroatoms. The summed E-state index contributed by atoms with van der Waals surface area (Å²) < 4.78 is 0. The highest BCUT2D eigenvalue weighted by molar-refractivity contribution is 5.97. The zero-order valence-corrected chi connectivity index (χ0v) is 13.5. The van der Waals surface area contributed by atoms with E-state index in [0.717, 1.165) is 57.8 Å². The van der Waals surface area contributed by atoms with Crippen LogP contribution < -0.4 is 0 Å². The Hall–Kier alpha value is -1.65. The van der Waals surface area contributed by atoms with E-state index in [1.54, 1.807) is 6.08 Å². The molecular weight excluding hydrogens is 296 g/mol. The highest BCUT2D eigenvalue weighted by atomic mass is 16.4. The molecule has 2 aliphatic carbocycles. The van der Waals surface area contributed by atoms with Crippen LogP contribution in [0, 0.1) is 17.8 Å². The van der Waals surface area contributed by atoms with Crippen LogP contribution in [-0.4, -0.2) is 27.9 Å². The van der Waals surface area contributed by atoms with Crippen LogP contribution in [-0.2, 0) is 14.4 Å². The minimum Gasteiger partial charge on any atom is -0.481 e. The third kappa shape index (κ3) is 4.91. The fourth-order valence-corrected chi connectivity index (χ4v) is 3.84. The predicted octanol–water partition coefficient (Wildman–Crippen LogP) is 3.43. The number of carbonyl (C=O) groups is 3. The summed E-state index contributed by atoms with van der Waals surface area (Å²) in [7, 11) is 0. The topological polar surface area (TPSA) is 91.7 Å². The molecule has 2 rings (SSSR count). The van der Waals surface area contributed by atoms with Crippen molar-refractivity contribution >= 4 is 17.7 Å². The third-order valence-electron chi connectivity index (χ3n) is 5.20. The molecule has 2 N–H and O–H groups in total. The number of ketones is 1. The van der Waals surface area contributed by atoms with Gasteiger partial charge in [0.25, 0.3) is 0 Å². The van der Waals surface area contributed by atoms with Gasteiger partial charge in [-0.3, -0.25) is 9.59 Å². The first-order valence-corrected chi connectivity index (χ1v) is 8.69. The zero-order chi connectivity index (χ0) is 16.8. The van der Waals surface area contributed by atoms with E-state index < -0.39 is 17.9 Å². The number of allylic oxidation sites excluding steroid dienone is 1. The van der Waals surface area contributed by atoms with Gasteiger partial charge in [0.05, 0.1) is 5.92 Å². The standard InChI is InChI=1S/C18H26O5/c19-16(13-8-2-1-3-9-13)11-15(18(22)23)14(17(20)21)10-12-6-4-5-7-12/h10,12-13,15H,1-9,11H2,(H,20,21)(H,22,23). The van der Waals surface area contributed by atoms with Gasteiger partial charge in [0.1, 0.15) is 5.78 Å². The fraction of sp³-hybridized carbons (Fsp3) is 0.722. The highest BCUT2D eigenvalue weighted by Crippen LogP contribution is 2.31. The summed E-state index contributed by atoms with van der Waals surface area (Å²) in [4.78, 5) is 35.5. The smallest absolute Gasteiger partial charge is 0.332 e. The van der Waals surface area contributed by atoms with Gasteiger partial charge in [0, 0.05) is 17.9 Å². The first kappa shape index (κ1) is 17.7. The molecule has 0 aromatic heterocycles. The van der Waals surface area contributed by atoms with E-state index in [4.69, 9.17) is 0 Å². The van der Waals surface area contributed by atoms with Crippen molar-refractivity contribution in [3.8, 4) is 0 Å². The summed E-state index contributed by atoms with van der Waals surface area (Å²) in [5.41, 5.74) is -0.103. The lowest BCUT2D eigenvalue weighted by Gasteiger charge is -2.22. The molecule has 2 fully saturated rings. The summed E-state index contributed by atoms with van der Waals surface area (Å²) in [5, 5.41) is 18.9. The van der Waals surface area contributed by atoms with E-state index in [2.05, 4.69) is 0 Å². The number of hydrogen-bond acceptors (Lipinski definition) is 3. The first-order chi connectivity index (χ1) is 11.0. The minimum atomic E-state index is -1.22. The van der Waals surface area contributed by atoms with Crippen molar-refractivity contribution in [3.63, 3.8) is 0 Å². The normalized spacial score (nSPS) is 22.0. The third-order valence-corrected chi connectivity index (χ3v) is 5.20. The molecule has 0 spiro atoms. The fourth-order valence-electron chi connectivity index (χ4n) is 3.84. The second kappa shape index (κ2) is 8.27. The van der Waals surface area contributed by atoms with Crippen LogP contribution >= 0.6 is 0 Å². The molecule has 2 saturated carbocycles. The lowest BCUT2D eigenvalue weighted by atomic mass is 9.81. The average molecular weight is 322 g/mol. The van der Waals surface area contributed by atoms with Crippen LogP contribution in [0.3, 0.4) is 0 Å². The molecule has 0 aliphatic heterocycles. The Morgan fingerprint density at radius 1 is 0.913 bits per heavy atom. The van der Waals surface area contributed by atoms with E-state index in [9.17, 15) is 24.6 Å². The van der Waals surface area contributed by atoms with Gasteiger partial charge in [-0.15, -0.1) is 0 Å². The van der Waals surface area contributed by atoms with Crippen LogP contribution in [0.2, 0.25) is 0 Å². The van der Waals surface area contributed by atoms with Crippen molar-refractivity contribution in [1.82, 2.24) is 0 Å². The number of carbonyl (C=O) groups excluding carboxylic acids is 1. The van der Waals surface area contributed by atoms with Gasteiger partial charge in [-0.1, -0.05) is 38.2 Å². The number of rotatable bonds is 7. The van der Waals surface area contributed by atoms with Crippen LogP contribution in [0.25, 0.3) is 0 Å². The van der Waals surface area contributed by atoms with E-state index in [-0.39, 0.29) is 29.6 Å². The maximum Gasteiger partial charge on any atom is 0.332 e. The maximum absolute atomic E-state index is 12.4. The Balaban J connectivity index is 2.12. The van der Waals surface area contributed by atoms with Crippen molar-refractivity contribution in [2.75, 3.05) is 0 Å². The molecule has 128 valence electrons. The monoisotopic (exact) mass is 322 g/mol. The summed E-state index contributed by atoms with van der Waals surface area (Å²) in [5.74, 6) is -3.68. The van der Waals surface area contributed by atoms with Gasteiger partial charge >= 0.3 is 11.9 Å². The summed E-state index contributed by atoms with van der Waals surface area (Å²) in [6.45, 7) is 0. The highest BCUT2D eigenvalue weighted by Gasteiger charge is 2.33.